The molecule has 0 amide bonds. The highest BCUT2D eigenvalue weighted by atomic mass is 16.5. The van der Waals surface area contributed by atoms with Gasteiger partial charge < -0.3 is 14.6 Å². The number of methoxy groups -OCH3 is 1. The third kappa shape index (κ3) is 3.51. The Morgan fingerprint density at radius 2 is 1.81 bits per heavy atom. The van der Waals surface area contributed by atoms with Gasteiger partial charge in [-0.15, -0.1) is 0 Å². The van der Waals surface area contributed by atoms with E-state index in [2.05, 4.69) is 31.3 Å². The summed E-state index contributed by atoms with van der Waals surface area (Å²) in [5.41, 5.74) is 3.19. The van der Waals surface area contributed by atoms with Crippen LogP contribution in [0.15, 0.2) is 53.3 Å². The van der Waals surface area contributed by atoms with Gasteiger partial charge in [0.25, 0.3) is 5.56 Å². The molecule has 3 aromatic rings. The smallest absolute Gasteiger partial charge is 0.258 e. The van der Waals surface area contributed by atoms with Crippen LogP contribution in [0.2, 0.25) is 0 Å². The summed E-state index contributed by atoms with van der Waals surface area (Å²) in [4.78, 5) is 12.9. The normalized spacial score (nSPS) is 11.3. The fourth-order valence-corrected chi connectivity index (χ4v) is 3.28. The minimum Gasteiger partial charge on any atom is -0.497 e. The Morgan fingerprint density at radius 1 is 1.08 bits per heavy atom. The molecule has 0 saturated carbocycles. The Morgan fingerprint density at radius 3 is 2.46 bits per heavy atom. The monoisotopic (exact) mass is 350 g/mol. The van der Waals surface area contributed by atoms with Crippen molar-refractivity contribution < 1.29 is 4.74 Å². The average molecular weight is 350 g/mol. The van der Waals surface area contributed by atoms with Crippen LogP contribution in [-0.4, -0.2) is 18.2 Å². The molecule has 1 heterocycles. The standard InChI is InChI=1S/C22H26N2O2/c1-15(2)13-23-14-20-21(16-8-6-5-7-9-16)19-12-17(26-4)10-11-18(19)22(25)24(20)3/h5-12,15,23H,13-14H2,1-4H3. The SMILES string of the molecule is COc1ccc2c(=O)n(C)c(CNCC(C)C)c(-c3ccccc3)c2c1. The lowest BCUT2D eigenvalue weighted by Gasteiger charge is -2.19. The van der Waals surface area contributed by atoms with Gasteiger partial charge >= 0.3 is 0 Å². The summed E-state index contributed by atoms with van der Waals surface area (Å²) in [6.07, 6.45) is 0. The zero-order chi connectivity index (χ0) is 18.7. The van der Waals surface area contributed by atoms with Crippen LogP contribution in [0.4, 0.5) is 0 Å². The molecule has 0 atom stereocenters. The molecule has 2 aromatic carbocycles. The van der Waals surface area contributed by atoms with Gasteiger partial charge in [0.2, 0.25) is 0 Å². The van der Waals surface area contributed by atoms with Crippen molar-refractivity contribution in [2.24, 2.45) is 13.0 Å². The largest absolute Gasteiger partial charge is 0.497 e. The summed E-state index contributed by atoms with van der Waals surface area (Å²) < 4.78 is 7.18. The fourth-order valence-electron chi connectivity index (χ4n) is 3.28. The van der Waals surface area contributed by atoms with Crippen LogP contribution in [0.3, 0.4) is 0 Å². The molecule has 1 N–H and O–H groups in total. The molecule has 0 fully saturated rings. The maximum absolute atomic E-state index is 12.9. The van der Waals surface area contributed by atoms with E-state index in [9.17, 15) is 4.79 Å². The minimum absolute atomic E-state index is 0.0173. The van der Waals surface area contributed by atoms with Gasteiger partial charge in [-0.05, 0) is 36.2 Å². The molecule has 0 unspecified atom stereocenters. The molecule has 3 rings (SSSR count). The predicted molar refractivity (Wildman–Crippen MR) is 108 cm³/mol. The summed E-state index contributed by atoms with van der Waals surface area (Å²) in [7, 11) is 3.50. The average Bonchev–Trinajstić information content (AvgIpc) is 2.65. The molecule has 0 aliphatic rings. The molecule has 4 heteroatoms. The van der Waals surface area contributed by atoms with E-state index in [1.807, 2.05) is 43.4 Å². The van der Waals surface area contributed by atoms with Crippen LogP contribution in [-0.2, 0) is 13.6 Å². The molecule has 0 spiro atoms. The van der Waals surface area contributed by atoms with Crippen LogP contribution in [0.25, 0.3) is 21.9 Å². The highest BCUT2D eigenvalue weighted by molar-refractivity contribution is 5.98. The molecule has 0 bridgehead atoms. The van der Waals surface area contributed by atoms with Gasteiger partial charge in [-0.2, -0.15) is 0 Å². The molecule has 0 saturated heterocycles. The number of nitrogens with one attached hydrogen (secondary N) is 1. The Kier molecular flexibility index (Phi) is 5.43. The van der Waals surface area contributed by atoms with Gasteiger partial charge in [0, 0.05) is 35.6 Å². The second-order valence-electron chi connectivity index (χ2n) is 6.99. The minimum atomic E-state index is 0.0173. The van der Waals surface area contributed by atoms with Crippen LogP contribution < -0.4 is 15.6 Å². The molecule has 136 valence electrons. The maximum Gasteiger partial charge on any atom is 0.258 e. The molecule has 4 nitrogen and oxygen atoms in total. The van der Waals surface area contributed by atoms with Crippen LogP contribution >= 0.6 is 0 Å². The Bertz CT molecular complexity index is 959. The number of benzene rings is 2. The van der Waals surface area contributed by atoms with Gasteiger partial charge in [0.15, 0.2) is 0 Å². The fraction of sp³-hybridized carbons (Fsp3) is 0.318. The molecule has 26 heavy (non-hydrogen) atoms. The molecular formula is C22H26N2O2. The molecular weight excluding hydrogens is 324 g/mol. The van der Waals surface area contributed by atoms with E-state index >= 15 is 0 Å². The van der Waals surface area contributed by atoms with E-state index in [0.717, 1.165) is 34.5 Å². The van der Waals surface area contributed by atoms with Crippen molar-refractivity contribution in [2.45, 2.75) is 20.4 Å². The van der Waals surface area contributed by atoms with Crippen molar-refractivity contribution in [1.82, 2.24) is 9.88 Å². The second-order valence-corrected chi connectivity index (χ2v) is 6.99. The first-order chi connectivity index (χ1) is 12.5. The van der Waals surface area contributed by atoms with E-state index < -0.39 is 0 Å². The van der Waals surface area contributed by atoms with Crippen molar-refractivity contribution in [2.75, 3.05) is 13.7 Å². The number of hydrogen-bond donors (Lipinski definition) is 1. The number of hydrogen-bond acceptors (Lipinski definition) is 3. The van der Waals surface area contributed by atoms with E-state index in [1.165, 1.54) is 0 Å². The number of ether oxygens (including phenoxy) is 1. The lowest BCUT2D eigenvalue weighted by atomic mass is 9.96. The first-order valence-electron chi connectivity index (χ1n) is 8.98. The summed E-state index contributed by atoms with van der Waals surface area (Å²) in [6.45, 7) is 5.89. The molecule has 0 aliphatic carbocycles. The second kappa shape index (κ2) is 7.75. The molecule has 0 aliphatic heterocycles. The zero-order valence-corrected chi connectivity index (χ0v) is 15.9. The number of nitrogens with zero attached hydrogens (tertiary/aromatic N) is 1. The number of pyridine rings is 1. The first kappa shape index (κ1) is 18.2. The van der Waals surface area contributed by atoms with Crippen LogP contribution in [0, 0.1) is 5.92 Å². The highest BCUT2D eigenvalue weighted by Crippen LogP contribution is 2.32. The topological polar surface area (TPSA) is 43.3 Å². The van der Waals surface area contributed by atoms with E-state index in [-0.39, 0.29) is 5.56 Å². The third-order valence-corrected chi connectivity index (χ3v) is 4.63. The Labute approximate surface area is 154 Å². The van der Waals surface area contributed by atoms with Crippen molar-refractivity contribution in [1.29, 1.82) is 0 Å². The lowest BCUT2D eigenvalue weighted by Crippen LogP contribution is -2.27. The van der Waals surface area contributed by atoms with Crippen molar-refractivity contribution in [3.8, 4) is 16.9 Å². The number of rotatable bonds is 6. The summed E-state index contributed by atoms with van der Waals surface area (Å²) >= 11 is 0. The van der Waals surface area contributed by atoms with E-state index in [4.69, 9.17) is 4.74 Å². The van der Waals surface area contributed by atoms with Crippen molar-refractivity contribution in [3.05, 3.63) is 64.6 Å². The maximum atomic E-state index is 12.9. The molecule has 1 aromatic heterocycles. The predicted octanol–water partition coefficient (Wildman–Crippen LogP) is 3.96. The quantitative estimate of drug-likeness (QED) is 0.732. The Hall–Kier alpha value is -2.59. The van der Waals surface area contributed by atoms with Gasteiger partial charge in [0.05, 0.1) is 7.11 Å². The third-order valence-electron chi connectivity index (χ3n) is 4.63. The van der Waals surface area contributed by atoms with Crippen LogP contribution in [0.1, 0.15) is 19.5 Å². The van der Waals surface area contributed by atoms with Crippen molar-refractivity contribution in [3.63, 3.8) is 0 Å². The van der Waals surface area contributed by atoms with Crippen LogP contribution in [0.5, 0.6) is 5.75 Å². The number of aromatic nitrogens is 1. The van der Waals surface area contributed by atoms with Gasteiger partial charge in [0.1, 0.15) is 5.75 Å². The van der Waals surface area contributed by atoms with Gasteiger partial charge in [-0.3, -0.25) is 4.79 Å². The highest BCUT2D eigenvalue weighted by Gasteiger charge is 2.17. The molecule has 0 radical (unpaired) electrons. The first-order valence-corrected chi connectivity index (χ1v) is 8.98. The van der Waals surface area contributed by atoms with Gasteiger partial charge in [-0.25, -0.2) is 0 Å². The van der Waals surface area contributed by atoms with E-state index in [0.29, 0.717) is 17.8 Å². The Balaban J connectivity index is 2.29. The summed E-state index contributed by atoms with van der Waals surface area (Å²) in [5, 5.41) is 5.12. The summed E-state index contributed by atoms with van der Waals surface area (Å²) in [6, 6.07) is 15.9. The zero-order valence-electron chi connectivity index (χ0n) is 15.9. The lowest BCUT2D eigenvalue weighted by molar-refractivity contribution is 0.415. The van der Waals surface area contributed by atoms with Crippen molar-refractivity contribution >= 4 is 10.8 Å². The summed E-state index contributed by atoms with van der Waals surface area (Å²) in [5.74, 6) is 1.30. The number of fused-ring (bicyclic) bond motifs is 1. The van der Waals surface area contributed by atoms with Gasteiger partial charge in [-0.1, -0.05) is 44.2 Å². The van der Waals surface area contributed by atoms with E-state index in [1.54, 1.807) is 11.7 Å².